The van der Waals surface area contributed by atoms with Gasteiger partial charge in [-0.05, 0) is 35.6 Å². The SMILES string of the molecule is CCOC(=O)c1cc(I)c(CBr)c(OC(F)(F)F)n1. The highest BCUT2D eigenvalue weighted by Crippen LogP contribution is 2.30. The normalized spacial score (nSPS) is 11.3. The lowest BCUT2D eigenvalue weighted by molar-refractivity contribution is -0.276. The zero-order valence-corrected chi connectivity index (χ0v) is 13.3. The van der Waals surface area contributed by atoms with Gasteiger partial charge in [-0.1, -0.05) is 15.9 Å². The second-order valence-electron chi connectivity index (χ2n) is 3.17. The van der Waals surface area contributed by atoms with Crippen molar-refractivity contribution in [2.75, 3.05) is 6.61 Å². The first-order chi connectivity index (χ1) is 8.78. The Morgan fingerprint density at radius 1 is 1.53 bits per heavy atom. The minimum absolute atomic E-state index is 0.104. The second-order valence-corrected chi connectivity index (χ2v) is 4.90. The highest BCUT2D eigenvalue weighted by Gasteiger charge is 2.33. The van der Waals surface area contributed by atoms with Crippen molar-refractivity contribution in [1.82, 2.24) is 4.98 Å². The predicted molar refractivity (Wildman–Crippen MR) is 72.2 cm³/mol. The third-order valence-corrected chi connectivity index (χ3v) is 3.39. The molecule has 0 aliphatic rings. The van der Waals surface area contributed by atoms with Crippen LogP contribution in [-0.2, 0) is 10.1 Å². The number of alkyl halides is 4. The van der Waals surface area contributed by atoms with Gasteiger partial charge in [-0.3, -0.25) is 0 Å². The molecule has 0 aromatic carbocycles. The number of hydrogen-bond acceptors (Lipinski definition) is 4. The largest absolute Gasteiger partial charge is 0.574 e. The molecule has 0 saturated heterocycles. The molecule has 0 N–H and O–H groups in total. The number of rotatable bonds is 4. The zero-order valence-electron chi connectivity index (χ0n) is 9.55. The number of nitrogens with zero attached hydrogens (tertiary/aromatic N) is 1. The van der Waals surface area contributed by atoms with E-state index < -0.39 is 18.2 Å². The van der Waals surface area contributed by atoms with E-state index in [1.807, 2.05) is 0 Å². The molecule has 0 saturated carbocycles. The van der Waals surface area contributed by atoms with Gasteiger partial charge < -0.3 is 9.47 Å². The molecule has 0 aliphatic heterocycles. The van der Waals surface area contributed by atoms with E-state index in [4.69, 9.17) is 0 Å². The molecule has 9 heteroatoms. The number of esters is 1. The van der Waals surface area contributed by atoms with Crippen LogP contribution in [0, 0.1) is 3.57 Å². The van der Waals surface area contributed by atoms with Crippen LogP contribution in [0.2, 0.25) is 0 Å². The van der Waals surface area contributed by atoms with E-state index in [-0.39, 0.29) is 23.2 Å². The fraction of sp³-hybridized carbons (Fsp3) is 0.400. The summed E-state index contributed by atoms with van der Waals surface area (Å²) in [6, 6.07) is 1.35. The minimum atomic E-state index is -4.87. The van der Waals surface area contributed by atoms with Gasteiger partial charge in [-0.25, -0.2) is 9.78 Å². The zero-order chi connectivity index (χ0) is 14.6. The number of pyridine rings is 1. The molecule has 1 aromatic rings. The predicted octanol–water partition coefficient (Wildman–Crippen LogP) is 3.66. The number of halogens is 5. The maximum atomic E-state index is 12.3. The molecule has 0 unspecified atom stereocenters. The molecule has 0 bridgehead atoms. The Hall–Kier alpha value is -0.580. The lowest BCUT2D eigenvalue weighted by atomic mass is 10.2. The van der Waals surface area contributed by atoms with Gasteiger partial charge in [-0.2, -0.15) is 0 Å². The summed E-state index contributed by atoms with van der Waals surface area (Å²) in [5, 5.41) is 0.118. The third-order valence-electron chi connectivity index (χ3n) is 1.86. The lowest BCUT2D eigenvalue weighted by Gasteiger charge is -2.13. The fourth-order valence-corrected chi connectivity index (χ4v) is 2.93. The summed E-state index contributed by atoms with van der Waals surface area (Å²) in [5.74, 6) is -1.45. The molecular formula is C10H8BrF3INO3. The van der Waals surface area contributed by atoms with Gasteiger partial charge in [0.2, 0.25) is 5.88 Å². The molecule has 1 heterocycles. The first-order valence-electron chi connectivity index (χ1n) is 4.96. The van der Waals surface area contributed by atoms with Crippen LogP contribution in [0.1, 0.15) is 23.0 Å². The molecule has 0 atom stereocenters. The van der Waals surface area contributed by atoms with Gasteiger partial charge in [0.25, 0.3) is 0 Å². The van der Waals surface area contributed by atoms with Gasteiger partial charge in [-0.15, -0.1) is 13.2 Å². The van der Waals surface area contributed by atoms with E-state index in [0.29, 0.717) is 3.57 Å². The summed E-state index contributed by atoms with van der Waals surface area (Å²) in [5.41, 5.74) is -0.0128. The topological polar surface area (TPSA) is 48.4 Å². The minimum Gasteiger partial charge on any atom is -0.461 e. The summed E-state index contributed by atoms with van der Waals surface area (Å²) in [6.45, 7) is 1.69. The molecule has 0 fully saturated rings. The molecule has 0 amide bonds. The number of ether oxygens (including phenoxy) is 2. The Bertz CT molecular complexity index is 482. The van der Waals surface area contributed by atoms with Crippen LogP contribution < -0.4 is 4.74 Å². The Labute approximate surface area is 128 Å². The van der Waals surface area contributed by atoms with Crippen LogP contribution >= 0.6 is 38.5 Å². The van der Waals surface area contributed by atoms with E-state index in [1.165, 1.54) is 6.07 Å². The smallest absolute Gasteiger partial charge is 0.461 e. The number of carbonyl (C=O) groups excluding carboxylic acids is 1. The summed E-state index contributed by atoms with van der Waals surface area (Å²) < 4.78 is 45.8. The second kappa shape index (κ2) is 6.73. The highest BCUT2D eigenvalue weighted by atomic mass is 127. The van der Waals surface area contributed by atoms with Crippen molar-refractivity contribution in [3.8, 4) is 5.88 Å². The van der Waals surface area contributed by atoms with Crippen LogP contribution in [0.4, 0.5) is 13.2 Å². The molecule has 4 nitrogen and oxygen atoms in total. The van der Waals surface area contributed by atoms with Crippen molar-refractivity contribution < 1.29 is 27.4 Å². The van der Waals surface area contributed by atoms with Gasteiger partial charge in [0.05, 0.1) is 6.61 Å². The Kier molecular flexibility index (Phi) is 5.83. The van der Waals surface area contributed by atoms with Gasteiger partial charge in [0.1, 0.15) is 0 Å². The van der Waals surface area contributed by atoms with Gasteiger partial charge >= 0.3 is 12.3 Å². The van der Waals surface area contributed by atoms with E-state index in [2.05, 4.69) is 30.4 Å². The van der Waals surface area contributed by atoms with Gasteiger partial charge in [0, 0.05) is 14.5 Å². The maximum Gasteiger partial charge on any atom is 0.574 e. The highest BCUT2D eigenvalue weighted by molar-refractivity contribution is 14.1. The van der Waals surface area contributed by atoms with E-state index in [0.717, 1.165) is 0 Å². The summed E-state index contributed by atoms with van der Waals surface area (Å²) in [6.07, 6.45) is -4.87. The van der Waals surface area contributed by atoms with Crippen molar-refractivity contribution in [2.24, 2.45) is 0 Å². The molecule has 0 aliphatic carbocycles. The quantitative estimate of drug-likeness (QED) is 0.396. The van der Waals surface area contributed by atoms with Crippen molar-refractivity contribution in [1.29, 1.82) is 0 Å². The van der Waals surface area contributed by atoms with Gasteiger partial charge in [0.15, 0.2) is 5.69 Å². The van der Waals surface area contributed by atoms with Crippen LogP contribution in [0.25, 0.3) is 0 Å². The number of carbonyl (C=O) groups is 1. The molecule has 0 radical (unpaired) electrons. The Balaban J connectivity index is 3.22. The van der Waals surface area contributed by atoms with Crippen molar-refractivity contribution in [3.63, 3.8) is 0 Å². The van der Waals surface area contributed by atoms with Crippen LogP contribution in [0.3, 0.4) is 0 Å². The van der Waals surface area contributed by atoms with E-state index in [9.17, 15) is 18.0 Å². The first-order valence-corrected chi connectivity index (χ1v) is 7.16. The monoisotopic (exact) mass is 453 g/mol. The van der Waals surface area contributed by atoms with Crippen LogP contribution in [0.15, 0.2) is 6.07 Å². The summed E-state index contributed by atoms with van der Waals surface area (Å²) >= 11 is 4.85. The Morgan fingerprint density at radius 3 is 2.63 bits per heavy atom. The number of aromatic nitrogens is 1. The molecule has 106 valence electrons. The molecular weight excluding hydrogens is 446 g/mol. The lowest BCUT2D eigenvalue weighted by Crippen LogP contribution is -2.20. The van der Waals surface area contributed by atoms with Crippen LogP contribution in [0.5, 0.6) is 5.88 Å². The first kappa shape index (κ1) is 16.5. The Morgan fingerprint density at radius 2 is 2.16 bits per heavy atom. The maximum absolute atomic E-state index is 12.3. The molecule has 1 aromatic heterocycles. The van der Waals surface area contributed by atoms with Crippen molar-refractivity contribution >= 4 is 44.5 Å². The average Bonchev–Trinajstić information content (AvgIpc) is 2.26. The third kappa shape index (κ3) is 4.79. The summed E-state index contributed by atoms with van der Waals surface area (Å²) in [7, 11) is 0. The fourth-order valence-electron chi connectivity index (χ4n) is 1.14. The van der Waals surface area contributed by atoms with Crippen molar-refractivity contribution in [3.05, 3.63) is 20.9 Å². The number of hydrogen-bond donors (Lipinski definition) is 0. The van der Waals surface area contributed by atoms with E-state index in [1.54, 1.807) is 29.5 Å². The standard InChI is InChI=1S/C10H8BrF3INO3/c1-2-18-9(17)7-3-6(15)5(4-11)8(16-7)19-10(12,13)14/h3H,2,4H2,1H3. The molecule has 0 spiro atoms. The molecule has 19 heavy (non-hydrogen) atoms. The average molecular weight is 454 g/mol. The van der Waals surface area contributed by atoms with Crippen LogP contribution in [-0.4, -0.2) is 23.9 Å². The molecule has 1 rings (SSSR count). The summed E-state index contributed by atoms with van der Waals surface area (Å²) in [4.78, 5) is 15.0. The van der Waals surface area contributed by atoms with Crippen molar-refractivity contribution in [2.45, 2.75) is 18.6 Å². The van der Waals surface area contributed by atoms with E-state index >= 15 is 0 Å².